The summed E-state index contributed by atoms with van der Waals surface area (Å²) in [6, 6.07) is 61.2. The molecule has 0 aliphatic heterocycles. The Hall–Kier alpha value is -5.78. The Kier molecular flexibility index (Phi) is 6.03. The minimum absolute atomic E-state index is 1.19. The number of aromatic nitrogens is 1. The van der Waals surface area contributed by atoms with E-state index < -0.39 is 0 Å². The zero-order chi connectivity index (χ0) is 33.9. The topological polar surface area (TPSA) is 4.93 Å². The SMILES string of the molecule is c1ccc2c(c1)sc1cc(-c3cccc4c5cccc(-c6ccc7c(c6)sc6ccccc67)c5n(-c5ccc6c(c5)sc5ccccc56)c34)ccc12. The molecular weight excluding hydrogens is 687 g/mol. The third-order valence-electron chi connectivity index (χ3n) is 10.8. The van der Waals surface area contributed by atoms with Crippen molar-refractivity contribution in [3.63, 3.8) is 0 Å². The molecule has 0 bridgehead atoms. The minimum atomic E-state index is 1.19. The molecule has 0 unspecified atom stereocenters. The molecule has 4 heterocycles. The van der Waals surface area contributed by atoms with Gasteiger partial charge in [0.1, 0.15) is 0 Å². The van der Waals surface area contributed by atoms with Gasteiger partial charge >= 0.3 is 0 Å². The predicted octanol–water partition coefficient (Wildman–Crippen LogP) is 15.2. The van der Waals surface area contributed by atoms with E-state index in [1.165, 1.54) is 110 Å². The lowest BCUT2D eigenvalue weighted by Crippen LogP contribution is -1.97. The average Bonchev–Trinajstić information content (AvgIpc) is 3.95. The maximum atomic E-state index is 2.56. The molecule has 0 spiro atoms. The lowest BCUT2D eigenvalue weighted by molar-refractivity contribution is 1.19. The monoisotopic (exact) mass is 713 g/mol. The Morgan fingerprint density at radius 2 is 0.673 bits per heavy atom. The highest BCUT2D eigenvalue weighted by atomic mass is 32.1. The highest BCUT2D eigenvalue weighted by molar-refractivity contribution is 7.26. The normalized spacial score (nSPS) is 12.2. The van der Waals surface area contributed by atoms with Gasteiger partial charge in [-0.1, -0.05) is 121 Å². The number of fused-ring (bicyclic) bond motifs is 12. The number of nitrogens with zero attached hydrogens (tertiary/aromatic N) is 1. The van der Waals surface area contributed by atoms with Crippen LogP contribution in [0.15, 0.2) is 164 Å². The summed E-state index contributed by atoms with van der Waals surface area (Å²) in [5, 5.41) is 10.5. The molecule has 12 rings (SSSR count). The molecule has 8 aromatic carbocycles. The molecule has 0 saturated heterocycles. The molecule has 4 heteroatoms. The molecule has 0 atom stereocenters. The van der Waals surface area contributed by atoms with Gasteiger partial charge in [0.25, 0.3) is 0 Å². The smallest absolute Gasteiger partial charge is 0.0619 e. The van der Waals surface area contributed by atoms with Gasteiger partial charge in [-0.3, -0.25) is 0 Å². The maximum absolute atomic E-state index is 2.56. The van der Waals surface area contributed by atoms with Crippen molar-refractivity contribution < 1.29 is 0 Å². The first-order chi connectivity index (χ1) is 25.8. The lowest BCUT2D eigenvalue weighted by atomic mass is 9.99. The fourth-order valence-electron chi connectivity index (χ4n) is 8.48. The average molecular weight is 714 g/mol. The van der Waals surface area contributed by atoms with E-state index in [1.54, 1.807) is 0 Å². The van der Waals surface area contributed by atoms with Gasteiger partial charge < -0.3 is 4.57 Å². The van der Waals surface area contributed by atoms with Crippen molar-refractivity contribution in [1.82, 2.24) is 4.57 Å². The number of hydrogen-bond donors (Lipinski definition) is 0. The summed E-state index contributed by atoms with van der Waals surface area (Å²) in [5.74, 6) is 0. The third-order valence-corrected chi connectivity index (χ3v) is 14.2. The zero-order valence-electron chi connectivity index (χ0n) is 27.8. The Labute approximate surface area is 310 Å². The number of hydrogen-bond acceptors (Lipinski definition) is 3. The largest absolute Gasteiger partial charge is 0.308 e. The van der Waals surface area contributed by atoms with Gasteiger partial charge in [-0.05, 0) is 53.6 Å². The first-order valence-corrected chi connectivity index (χ1v) is 20.0. The summed E-state index contributed by atoms with van der Waals surface area (Å²) in [5.41, 5.74) is 8.65. The molecule has 0 N–H and O–H groups in total. The Balaban J connectivity index is 1.18. The highest BCUT2D eigenvalue weighted by Gasteiger charge is 2.21. The second-order valence-electron chi connectivity index (χ2n) is 13.6. The van der Waals surface area contributed by atoms with Crippen LogP contribution in [0, 0.1) is 0 Å². The fourth-order valence-corrected chi connectivity index (χ4v) is 11.9. The number of thiophene rings is 3. The molecular formula is C48H27NS3. The molecule has 12 aromatic rings. The molecule has 0 fully saturated rings. The van der Waals surface area contributed by atoms with E-state index in [4.69, 9.17) is 0 Å². The third kappa shape index (κ3) is 4.08. The fraction of sp³-hybridized carbons (Fsp3) is 0. The van der Waals surface area contributed by atoms with Crippen LogP contribution in [-0.4, -0.2) is 4.57 Å². The predicted molar refractivity (Wildman–Crippen MR) is 230 cm³/mol. The van der Waals surface area contributed by atoms with Gasteiger partial charge in [0.2, 0.25) is 0 Å². The summed E-state index contributed by atoms with van der Waals surface area (Å²) in [7, 11) is 0. The quantitative estimate of drug-likeness (QED) is 0.172. The van der Waals surface area contributed by atoms with Crippen molar-refractivity contribution in [2.24, 2.45) is 0 Å². The molecule has 0 aliphatic carbocycles. The molecule has 52 heavy (non-hydrogen) atoms. The van der Waals surface area contributed by atoms with E-state index in [0.29, 0.717) is 0 Å². The summed E-state index contributed by atoms with van der Waals surface area (Å²) in [6.07, 6.45) is 0. The van der Waals surface area contributed by atoms with Gasteiger partial charge in [0.05, 0.1) is 11.0 Å². The van der Waals surface area contributed by atoms with Crippen molar-refractivity contribution in [3.8, 4) is 27.9 Å². The van der Waals surface area contributed by atoms with Gasteiger partial charge in [-0.2, -0.15) is 0 Å². The van der Waals surface area contributed by atoms with E-state index in [0.717, 1.165) is 0 Å². The molecule has 4 aromatic heterocycles. The first-order valence-electron chi connectivity index (χ1n) is 17.6. The van der Waals surface area contributed by atoms with Gasteiger partial charge in [0, 0.05) is 88.1 Å². The van der Waals surface area contributed by atoms with Crippen LogP contribution in [0.25, 0.3) is 110 Å². The molecule has 0 amide bonds. The van der Waals surface area contributed by atoms with Gasteiger partial charge in [-0.25, -0.2) is 0 Å². The summed E-state index contributed by atoms with van der Waals surface area (Å²) in [4.78, 5) is 0. The second kappa shape index (κ2) is 10.9. The molecule has 242 valence electrons. The van der Waals surface area contributed by atoms with Gasteiger partial charge in [-0.15, -0.1) is 34.0 Å². The van der Waals surface area contributed by atoms with Crippen molar-refractivity contribution in [1.29, 1.82) is 0 Å². The standard InChI is InChI=1S/C48H27NS3/c1-4-16-41-33(9-1)36-22-19-28(25-44(36)50-41)31-12-7-14-39-40-15-8-13-32(29-20-23-37-34-10-2-5-17-42(34)51-45(37)26-29)48(40)49(47(31)39)30-21-24-38-35-11-3-6-18-43(35)52-46(38)27-30/h1-27H. The molecule has 1 nitrogen and oxygen atoms in total. The second-order valence-corrected chi connectivity index (χ2v) is 16.9. The van der Waals surface area contributed by atoms with Crippen LogP contribution in [0.1, 0.15) is 0 Å². The van der Waals surface area contributed by atoms with Crippen molar-refractivity contribution in [3.05, 3.63) is 164 Å². The van der Waals surface area contributed by atoms with E-state index >= 15 is 0 Å². The number of para-hydroxylation sites is 2. The molecule has 0 aliphatic rings. The minimum Gasteiger partial charge on any atom is -0.308 e. The van der Waals surface area contributed by atoms with E-state index in [-0.39, 0.29) is 0 Å². The highest BCUT2D eigenvalue weighted by Crippen LogP contribution is 2.46. The van der Waals surface area contributed by atoms with E-state index in [2.05, 4.69) is 168 Å². The first kappa shape index (κ1) is 28.9. The van der Waals surface area contributed by atoms with Crippen LogP contribution in [0.5, 0.6) is 0 Å². The van der Waals surface area contributed by atoms with Crippen LogP contribution in [0.2, 0.25) is 0 Å². The van der Waals surface area contributed by atoms with Gasteiger partial charge in [0.15, 0.2) is 0 Å². The molecule has 0 radical (unpaired) electrons. The lowest BCUT2D eigenvalue weighted by Gasteiger charge is -2.14. The van der Waals surface area contributed by atoms with Crippen LogP contribution >= 0.6 is 34.0 Å². The number of benzene rings is 8. The number of rotatable bonds is 3. The van der Waals surface area contributed by atoms with Crippen molar-refractivity contribution in [2.75, 3.05) is 0 Å². The van der Waals surface area contributed by atoms with Crippen molar-refractivity contribution in [2.45, 2.75) is 0 Å². The zero-order valence-corrected chi connectivity index (χ0v) is 30.2. The van der Waals surface area contributed by atoms with Crippen LogP contribution in [-0.2, 0) is 0 Å². The van der Waals surface area contributed by atoms with Crippen LogP contribution < -0.4 is 0 Å². The van der Waals surface area contributed by atoms with E-state index in [1.807, 2.05) is 34.0 Å². The maximum Gasteiger partial charge on any atom is 0.0619 e. The van der Waals surface area contributed by atoms with E-state index in [9.17, 15) is 0 Å². The Bertz CT molecular complexity index is 3250. The summed E-state index contributed by atoms with van der Waals surface area (Å²) < 4.78 is 10.5. The molecule has 0 saturated carbocycles. The van der Waals surface area contributed by atoms with Crippen molar-refractivity contribution >= 4 is 116 Å². The summed E-state index contributed by atoms with van der Waals surface area (Å²) in [6.45, 7) is 0. The van der Waals surface area contributed by atoms with Crippen LogP contribution in [0.3, 0.4) is 0 Å². The Morgan fingerprint density at radius 3 is 1.15 bits per heavy atom. The summed E-state index contributed by atoms with van der Waals surface area (Å²) >= 11 is 5.65. The Morgan fingerprint density at radius 1 is 0.288 bits per heavy atom. The van der Waals surface area contributed by atoms with Crippen LogP contribution in [0.4, 0.5) is 0 Å².